The van der Waals surface area contributed by atoms with Gasteiger partial charge in [0, 0.05) is 17.3 Å². The lowest BCUT2D eigenvalue weighted by molar-refractivity contribution is -0.143. The molecule has 5 N–H and O–H groups in total. The van der Waals surface area contributed by atoms with Gasteiger partial charge < -0.3 is 25.2 Å². The summed E-state index contributed by atoms with van der Waals surface area (Å²) in [5, 5.41) is 15.2. The van der Waals surface area contributed by atoms with E-state index in [1.54, 1.807) is 0 Å². The molecule has 218 valence electrons. The van der Waals surface area contributed by atoms with Crippen molar-refractivity contribution in [3.63, 3.8) is 0 Å². The van der Waals surface area contributed by atoms with Crippen LogP contribution in [0.15, 0.2) is 12.1 Å². The maximum Gasteiger partial charge on any atom is 0.329 e. The number of rotatable bonds is 19. The van der Waals surface area contributed by atoms with Gasteiger partial charge >= 0.3 is 11.9 Å². The van der Waals surface area contributed by atoms with Crippen molar-refractivity contribution in [2.24, 2.45) is 0 Å². The maximum absolute atomic E-state index is 12.8. The number of hydrogen-bond acceptors (Lipinski definition) is 16. The van der Waals surface area contributed by atoms with Crippen molar-refractivity contribution in [3.05, 3.63) is 21.9 Å². The SMILES string of the molecule is COC(=O)C(CSN[C@@H](CS)C(=O)S)NC(=O)c1ccc(C(=O)NC(CSSN[C@@H](C=S)CO)C(=O)OC)s1. The second-order valence-corrected chi connectivity index (χ2v) is 12.4. The molecule has 1 aromatic heterocycles. The predicted molar refractivity (Wildman–Crippen MR) is 166 cm³/mol. The monoisotopic (exact) mass is 676 g/mol. The number of thiophene rings is 1. The minimum atomic E-state index is -1.05. The Kier molecular flexibility index (Phi) is 18.4. The van der Waals surface area contributed by atoms with Crippen molar-refractivity contribution in [3.8, 4) is 0 Å². The molecule has 19 heteroatoms. The second-order valence-electron chi connectivity index (χ2n) is 7.18. The molecule has 0 fully saturated rings. The van der Waals surface area contributed by atoms with Crippen molar-refractivity contribution < 1.29 is 38.6 Å². The van der Waals surface area contributed by atoms with E-state index < -0.39 is 53.0 Å². The fourth-order valence-corrected chi connectivity index (χ4v) is 7.01. The molecule has 2 amide bonds. The molecular formula is C20H28N4O8S7. The second kappa shape index (κ2) is 19.9. The highest BCUT2D eigenvalue weighted by Gasteiger charge is 2.26. The lowest BCUT2D eigenvalue weighted by Crippen LogP contribution is -2.44. The lowest BCUT2D eigenvalue weighted by atomic mass is 10.3. The van der Waals surface area contributed by atoms with Gasteiger partial charge in [-0.25, -0.2) is 14.3 Å². The molecule has 0 aromatic carbocycles. The lowest BCUT2D eigenvalue weighted by Gasteiger charge is -2.17. The van der Waals surface area contributed by atoms with Gasteiger partial charge in [-0.15, -0.1) is 24.0 Å². The number of methoxy groups -OCH3 is 2. The molecule has 0 aliphatic rings. The summed E-state index contributed by atoms with van der Waals surface area (Å²) in [6.45, 7) is -0.188. The van der Waals surface area contributed by atoms with Gasteiger partial charge in [0.1, 0.15) is 12.1 Å². The van der Waals surface area contributed by atoms with E-state index >= 15 is 0 Å². The molecule has 0 spiro atoms. The van der Waals surface area contributed by atoms with Crippen LogP contribution in [-0.4, -0.2) is 102 Å². The van der Waals surface area contributed by atoms with Gasteiger partial charge in [-0.1, -0.05) is 35.0 Å². The average molecular weight is 677 g/mol. The van der Waals surface area contributed by atoms with Crippen LogP contribution in [0.4, 0.5) is 0 Å². The van der Waals surface area contributed by atoms with Gasteiger partial charge in [-0.05, 0) is 28.5 Å². The van der Waals surface area contributed by atoms with Crippen molar-refractivity contribution in [1.82, 2.24) is 20.1 Å². The Morgan fingerprint density at radius 1 is 1.00 bits per heavy atom. The fraction of sp³-hybridized carbons (Fsp3) is 0.500. The molecule has 0 aliphatic heterocycles. The largest absolute Gasteiger partial charge is 0.467 e. The number of thiol groups is 2. The molecule has 1 aromatic rings. The van der Waals surface area contributed by atoms with Crippen LogP contribution >= 0.6 is 82.5 Å². The van der Waals surface area contributed by atoms with E-state index in [1.165, 1.54) is 42.5 Å². The highest BCUT2D eigenvalue weighted by molar-refractivity contribution is 8.76. The van der Waals surface area contributed by atoms with E-state index in [-0.39, 0.29) is 33.6 Å². The van der Waals surface area contributed by atoms with Crippen molar-refractivity contribution in [1.29, 1.82) is 0 Å². The summed E-state index contributed by atoms with van der Waals surface area (Å²) in [6.07, 6.45) is 0. The number of thiocarbonyl (C=S) groups is 1. The zero-order valence-electron chi connectivity index (χ0n) is 20.6. The van der Waals surface area contributed by atoms with Crippen molar-refractivity contribution >= 4 is 117 Å². The number of nitrogens with one attached hydrogen (secondary N) is 4. The fourth-order valence-electron chi connectivity index (χ4n) is 2.37. The number of esters is 2. The number of amides is 2. The van der Waals surface area contributed by atoms with E-state index in [1.807, 2.05) is 0 Å². The Morgan fingerprint density at radius 2 is 1.54 bits per heavy atom. The third-order valence-electron chi connectivity index (χ3n) is 4.45. The summed E-state index contributed by atoms with van der Waals surface area (Å²) >= 11 is 14.5. The van der Waals surface area contributed by atoms with E-state index in [4.69, 9.17) is 26.8 Å². The summed E-state index contributed by atoms with van der Waals surface area (Å²) in [5.74, 6) is -2.21. The average Bonchev–Trinajstić information content (AvgIpc) is 3.43. The highest BCUT2D eigenvalue weighted by Crippen LogP contribution is 2.21. The van der Waals surface area contributed by atoms with E-state index in [0.29, 0.717) is 0 Å². The standard InChI is InChI=1S/C20H28N4O8S7/c1-31-18(28)12(8-36-24-11(7-34)20(30)35)21-16(26)14-3-4-15(38-14)17(27)22-13(19(29)32-2)9-37-39-23-10(5-25)6-33/h3-4,6,10-13,23-25,34H,5,7-9H2,1-2H3,(H,21,26)(H,22,27)(H,30,35)/t10-,11+,12?,13?/m1/s1. The number of carbonyl (C=O) groups excluding carboxylic acids is 5. The third kappa shape index (κ3) is 13.0. The smallest absolute Gasteiger partial charge is 0.329 e. The minimum Gasteiger partial charge on any atom is -0.467 e. The summed E-state index contributed by atoms with van der Waals surface area (Å²) in [6, 6.07) is -0.274. The zero-order valence-corrected chi connectivity index (χ0v) is 26.5. The first-order valence-electron chi connectivity index (χ1n) is 10.8. The van der Waals surface area contributed by atoms with Crippen molar-refractivity contribution in [2.45, 2.75) is 24.2 Å². The molecule has 39 heavy (non-hydrogen) atoms. The van der Waals surface area contributed by atoms with Crippen LogP contribution in [0.3, 0.4) is 0 Å². The predicted octanol–water partition coefficient (Wildman–Crippen LogP) is 0.530. The molecule has 4 atom stereocenters. The maximum atomic E-state index is 12.8. The first-order valence-corrected chi connectivity index (χ1v) is 16.5. The van der Waals surface area contributed by atoms with Gasteiger partial charge in [0.15, 0.2) is 0 Å². The molecule has 0 bridgehead atoms. The third-order valence-corrected chi connectivity index (χ3v) is 9.52. The zero-order chi connectivity index (χ0) is 29.4. The summed E-state index contributed by atoms with van der Waals surface area (Å²) < 4.78 is 15.2. The normalized spacial score (nSPS) is 13.9. The molecular weight excluding hydrogens is 649 g/mol. The van der Waals surface area contributed by atoms with Crippen LogP contribution in [0.25, 0.3) is 0 Å². The van der Waals surface area contributed by atoms with E-state index in [2.05, 4.69) is 45.3 Å². The quantitative estimate of drug-likeness (QED) is 0.0270. The molecule has 12 nitrogen and oxygen atoms in total. The van der Waals surface area contributed by atoms with E-state index in [9.17, 15) is 24.0 Å². The highest BCUT2D eigenvalue weighted by atomic mass is 33.1. The Labute approximate surface area is 258 Å². The van der Waals surface area contributed by atoms with Gasteiger partial charge in [-0.3, -0.25) is 19.1 Å². The Morgan fingerprint density at radius 3 is 1.97 bits per heavy atom. The van der Waals surface area contributed by atoms with Gasteiger partial charge in [-0.2, -0.15) is 12.6 Å². The Hall–Kier alpha value is -1.03. The summed E-state index contributed by atoms with van der Waals surface area (Å²) in [4.78, 5) is 61.5. The van der Waals surface area contributed by atoms with Crippen LogP contribution in [0, 0.1) is 0 Å². The first kappa shape index (κ1) is 36.0. The molecule has 2 unspecified atom stereocenters. The van der Waals surface area contributed by atoms with Crippen LogP contribution in [0.1, 0.15) is 19.3 Å². The number of hydrogen-bond donors (Lipinski definition) is 7. The molecule has 0 saturated heterocycles. The van der Waals surface area contributed by atoms with Crippen molar-refractivity contribution in [2.75, 3.05) is 38.1 Å². The number of aliphatic hydroxyl groups is 1. The molecule has 0 radical (unpaired) electrons. The number of ether oxygens (including phenoxy) is 2. The molecule has 1 heterocycles. The molecule has 0 aliphatic carbocycles. The van der Waals surface area contributed by atoms with Crippen LogP contribution in [0.2, 0.25) is 0 Å². The Bertz CT molecular complexity index is 999. The number of aliphatic hydroxyl groups excluding tert-OH is 1. The van der Waals surface area contributed by atoms with Crippen LogP contribution in [0.5, 0.6) is 0 Å². The molecule has 1 rings (SSSR count). The number of carbonyl (C=O) groups is 5. The molecule has 0 saturated carbocycles. The van der Waals surface area contributed by atoms with Gasteiger partial charge in [0.2, 0.25) is 5.12 Å². The van der Waals surface area contributed by atoms with Crippen LogP contribution in [-0.2, 0) is 23.9 Å². The Balaban J connectivity index is 2.77. The topological polar surface area (TPSA) is 172 Å². The first-order chi connectivity index (χ1) is 18.6. The van der Waals surface area contributed by atoms with Gasteiger partial charge in [0.05, 0.1) is 42.7 Å². The summed E-state index contributed by atoms with van der Waals surface area (Å²) in [7, 11) is 4.72. The summed E-state index contributed by atoms with van der Waals surface area (Å²) in [5.41, 5.74) is 0. The van der Waals surface area contributed by atoms with Crippen LogP contribution < -0.4 is 20.1 Å². The minimum absolute atomic E-state index is 0.0390. The van der Waals surface area contributed by atoms with Gasteiger partial charge in [0.25, 0.3) is 11.8 Å². The van der Waals surface area contributed by atoms with E-state index in [0.717, 1.165) is 34.3 Å².